The first-order valence-electron chi connectivity index (χ1n) is 4.26. The summed E-state index contributed by atoms with van der Waals surface area (Å²) in [5.41, 5.74) is -1.32. The van der Waals surface area contributed by atoms with Crippen molar-refractivity contribution in [2.24, 2.45) is 0 Å². The molecule has 1 aromatic rings. The van der Waals surface area contributed by atoms with E-state index in [1.165, 1.54) is 0 Å². The monoisotopic (exact) mass is 297 g/mol. The van der Waals surface area contributed by atoms with Crippen LogP contribution in [-0.4, -0.2) is 17.6 Å². The number of hydrogen-bond donors (Lipinski definition) is 0. The highest BCUT2D eigenvalue weighted by molar-refractivity contribution is 9.10. The number of halogens is 4. The number of carbonyl (C=O) groups excluding carboxylic acids is 1. The Morgan fingerprint density at radius 2 is 2.19 bits per heavy atom. The summed E-state index contributed by atoms with van der Waals surface area (Å²) in [6, 6.07) is 0.655. The number of rotatable bonds is 2. The fraction of sp³-hybridized carbons (Fsp3) is 0.333. The molecular weight excluding hydrogens is 291 g/mol. The number of ether oxygens (including phenoxy) is 1. The Labute approximate surface area is 97.8 Å². The first-order chi connectivity index (χ1) is 7.36. The van der Waals surface area contributed by atoms with Crippen LogP contribution in [0.5, 0.6) is 0 Å². The summed E-state index contributed by atoms with van der Waals surface area (Å²) in [4.78, 5) is 14.5. The highest BCUT2D eigenvalue weighted by atomic mass is 79.9. The van der Waals surface area contributed by atoms with E-state index in [1.54, 1.807) is 6.92 Å². The second-order valence-corrected chi connectivity index (χ2v) is 3.62. The minimum absolute atomic E-state index is 0.0922. The van der Waals surface area contributed by atoms with Crippen molar-refractivity contribution in [3.05, 3.63) is 28.0 Å². The second kappa shape index (κ2) is 4.82. The maximum atomic E-state index is 12.3. The molecule has 16 heavy (non-hydrogen) atoms. The average molecular weight is 298 g/mol. The molecule has 0 fully saturated rings. The molecule has 1 rings (SSSR count). The van der Waals surface area contributed by atoms with Crippen LogP contribution in [0.25, 0.3) is 0 Å². The zero-order chi connectivity index (χ0) is 12.3. The van der Waals surface area contributed by atoms with Gasteiger partial charge in [0.1, 0.15) is 5.69 Å². The predicted molar refractivity (Wildman–Crippen MR) is 52.9 cm³/mol. The van der Waals surface area contributed by atoms with Crippen molar-refractivity contribution in [3.63, 3.8) is 0 Å². The molecule has 0 aliphatic heterocycles. The number of aromatic nitrogens is 1. The summed E-state index contributed by atoms with van der Waals surface area (Å²) < 4.78 is 41.7. The van der Waals surface area contributed by atoms with Crippen LogP contribution >= 0.6 is 15.9 Å². The molecule has 88 valence electrons. The Morgan fingerprint density at radius 3 is 2.69 bits per heavy atom. The Kier molecular flexibility index (Phi) is 3.90. The number of nitrogens with zero attached hydrogens (tertiary/aromatic N) is 1. The third-order valence-corrected chi connectivity index (χ3v) is 2.27. The van der Waals surface area contributed by atoms with Gasteiger partial charge in [0.25, 0.3) is 0 Å². The smallest absolute Gasteiger partial charge is 0.433 e. The first-order valence-corrected chi connectivity index (χ1v) is 5.05. The van der Waals surface area contributed by atoms with Gasteiger partial charge in [-0.1, -0.05) is 0 Å². The van der Waals surface area contributed by atoms with Crippen LogP contribution in [0.15, 0.2) is 16.7 Å². The number of esters is 1. The molecule has 0 unspecified atom stereocenters. The Bertz CT molecular complexity index is 406. The third kappa shape index (κ3) is 2.94. The van der Waals surface area contributed by atoms with Gasteiger partial charge in [0.2, 0.25) is 0 Å². The molecule has 3 nitrogen and oxygen atoms in total. The van der Waals surface area contributed by atoms with E-state index in [4.69, 9.17) is 0 Å². The molecule has 0 saturated heterocycles. The number of pyridine rings is 1. The maximum absolute atomic E-state index is 12.3. The number of carbonyl (C=O) groups is 1. The fourth-order valence-corrected chi connectivity index (χ4v) is 1.34. The molecule has 0 amide bonds. The van der Waals surface area contributed by atoms with Crippen molar-refractivity contribution in [1.29, 1.82) is 0 Å². The lowest BCUT2D eigenvalue weighted by Crippen LogP contribution is -2.12. The lowest BCUT2D eigenvalue weighted by molar-refractivity contribution is -0.141. The van der Waals surface area contributed by atoms with Gasteiger partial charge < -0.3 is 4.74 Å². The van der Waals surface area contributed by atoms with Crippen molar-refractivity contribution < 1.29 is 22.7 Å². The van der Waals surface area contributed by atoms with E-state index in [0.29, 0.717) is 6.07 Å². The number of alkyl halides is 3. The molecule has 0 aliphatic carbocycles. The molecule has 0 atom stereocenters. The van der Waals surface area contributed by atoms with Gasteiger partial charge in [0, 0.05) is 6.20 Å². The van der Waals surface area contributed by atoms with E-state index in [0.717, 1.165) is 6.20 Å². The largest absolute Gasteiger partial charge is 0.462 e. The summed E-state index contributed by atoms with van der Waals surface area (Å²) in [6.45, 7) is 1.66. The third-order valence-electron chi connectivity index (χ3n) is 1.64. The summed E-state index contributed by atoms with van der Waals surface area (Å²) in [6.07, 6.45) is -3.66. The van der Waals surface area contributed by atoms with Gasteiger partial charge in [-0.05, 0) is 28.9 Å². The van der Waals surface area contributed by atoms with Crippen molar-refractivity contribution in [1.82, 2.24) is 4.98 Å². The summed E-state index contributed by atoms with van der Waals surface area (Å²) in [5.74, 6) is -0.817. The Hall–Kier alpha value is -1.11. The van der Waals surface area contributed by atoms with Crippen LogP contribution in [-0.2, 0) is 10.9 Å². The van der Waals surface area contributed by atoms with Crippen LogP contribution in [0.2, 0.25) is 0 Å². The molecule has 0 aromatic carbocycles. The summed E-state index contributed by atoms with van der Waals surface area (Å²) in [7, 11) is 0. The van der Waals surface area contributed by atoms with E-state index in [1.807, 2.05) is 0 Å². The summed E-state index contributed by atoms with van der Waals surface area (Å²) >= 11 is 2.94. The minimum Gasteiger partial charge on any atom is -0.462 e. The van der Waals surface area contributed by atoms with Crippen molar-refractivity contribution in [2.75, 3.05) is 6.61 Å². The Morgan fingerprint density at radius 1 is 1.56 bits per heavy atom. The molecule has 1 aromatic heterocycles. The molecule has 0 aliphatic rings. The maximum Gasteiger partial charge on any atom is 0.433 e. The highest BCUT2D eigenvalue weighted by Crippen LogP contribution is 2.30. The molecule has 0 radical (unpaired) electrons. The molecule has 0 N–H and O–H groups in total. The quantitative estimate of drug-likeness (QED) is 0.788. The van der Waals surface area contributed by atoms with Crippen LogP contribution in [0.1, 0.15) is 23.0 Å². The molecule has 7 heteroatoms. The molecule has 1 heterocycles. The zero-order valence-corrected chi connectivity index (χ0v) is 9.72. The summed E-state index contributed by atoms with van der Waals surface area (Å²) in [5, 5.41) is 0. The highest BCUT2D eigenvalue weighted by Gasteiger charge is 2.33. The van der Waals surface area contributed by atoms with Crippen LogP contribution in [0.3, 0.4) is 0 Å². The number of hydrogen-bond acceptors (Lipinski definition) is 3. The lowest BCUT2D eigenvalue weighted by atomic mass is 10.2. The van der Waals surface area contributed by atoms with Gasteiger partial charge in [-0.25, -0.2) is 4.79 Å². The first kappa shape index (κ1) is 13.0. The van der Waals surface area contributed by atoms with Crippen LogP contribution in [0.4, 0.5) is 13.2 Å². The van der Waals surface area contributed by atoms with Crippen LogP contribution < -0.4 is 0 Å². The van der Waals surface area contributed by atoms with Crippen molar-refractivity contribution in [3.8, 4) is 0 Å². The van der Waals surface area contributed by atoms with Gasteiger partial charge in [-0.15, -0.1) is 0 Å². The van der Waals surface area contributed by atoms with Gasteiger partial charge in [0.15, 0.2) is 0 Å². The standard InChI is InChI=1S/C9H7BrF3NO2/c1-2-16-8(15)5-3-7(9(11,12)13)14-4-6(5)10/h3-4H,2H2,1H3. The molecular formula is C9H7BrF3NO2. The normalized spacial score (nSPS) is 11.3. The van der Waals surface area contributed by atoms with Crippen LogP contribution in [0, 0.1) is 0 Å². The molecule has 0 saturated carbocycles. The van der Waals surface area contributed by atoms with E-state index in [-0.39, 0.29) is 16.6 Å². The van der Waals surface area contributed by atoms with Gasteiger partial charge in [0.05, 0.1) is 16.6 Å². The van der Waals surface area contributed by atoms with Crippen molar-refractivity contribution in [2.45, 2.75) is 13.1 Å². The topological polar surface area (TPSA) is 39.2 Å². The molecule has 0 spiro atoms. The van der Waals surface area contributed by atoms with E-state index in [9.17, 15) is 18.0 Å². The van der Waals surface area contributed by atoms with E-state index in [2.05, 4.69) is 25.7 Å². The zero-order valence-electron chi connectivity index (χ0n) is 8.14. The van der Waals surface area contributed by atoms with Gasteiger partial charge in [-0.3, -0.25) is 4.98 Å². The predicted octanol–water partition coefficient (Wildman–Crippen LogP) is 3.04. The fourth-order valence-electron chi connectivity index (χ4n) is 0.959. The van der Waals surface area contributed by atoms with E-state index < -0.39 is 17.8 Å². The second-order valence-electron chi connectivity index (χ2n) is 2.77. The van der Waals surface area contributed by atoms with E-state index >= 15 is 0 Å². The average Bonchev–Trinajstić information content (AvgIpc) is 2.16. The molecule has 0 bridgehead atoms. The lowest BCUT2D eigenvalue weighted by Gasteiger charge is -2.08. The van der Waals surface area contributed by atoms with Gasteiger partial charge in [-0.2, -0.15) is 13.2 Å². The van der Waals surface area contributed by atoms with Gasteiger partial charge >= 0.3 is 12.1 Å². The van der Waals surface area contributed by atoms with Crippen molar-refractivity contribution >= 4 is 21.9 Å². The minimum atomic E-state index is -4.58. The Balaban J connectivity index is 3.14. The SMILES string of the molecule is CCOC(=O)c1cc(C(F)(F)F)ncc1Br.